The van der Waals surface area contributed by atoms with E-state index in [4.69, 9.17) is 9.47 Å². The van der Waals surface area contributed by atoms with E-state index in [0.29, 0.717) is 31.0 Å². The van der Waals surface area contributed by atoms with Crippen LogP contribution in [0.3, 0.4) is 0 Å². The van der Waals surface area contributed by atoms with Crippen LogP contribution in [-0.4, -0.2) is 50.1 Å². The number of carbonyl (C=O) groups is 2. The average molecular weight is 467 g/mol. The molecule has 0 aromatic heterocycles. The Morgan fingerprint density at radius 1 is 1.06 bits per heavy atom. The zero-order valence-corrected chi connectivity index (χ0v) is 20.1. The molecule has 2 rings (SSSR count). The molecule has 1 heterocycles. The number of methoxy groups -OCH3 is 2. The number of unbranched alkanes of at least 4 members (excludes halogenated alkanes) is 2. The molecule has 1 atom stereocenters. The fourth-order valence-electron chi connectivity index (χ4n) is 3.19. The number of ether oxygens (including phenoxy) is 2. The lowest BCUT2D eigenvalue weighted by atomic mass is 10.1. The van der Waals surface area contributed by atoms with E-state index in [1.54, 1.807) is 26.4 Å². The molecule has 8 heteroatoms. The van der Waals surface area contributed by atoms with Crippen LogP contribution in [0.1, 0.15) is 50.5 Å². The van der Waals surface area contributed by atoms with E-state index in [-0.39, 0.29) is 11.8 Å². The highest BCUT2D eigenvalue weighted by Gasteiger charge is 2.15. The smallest absolute Gasteiger partial charge is 0.243 e. The highest BCUT2D eigenvalue weighted by atomic mass is 33.1. The van der Waals surface area contributed by atoms with Gasteiger partial charge in [-0.05, 0) is 55.9 Å². The Balaban J connectivity index is 1.49. The molecule has 1 aromatic rings. The highest BCUT2D eigenvalue weighted by molar-refractivity contribution is 8.77. The van der Waals surface area contributed by atoms with E-state index in [0.717, 1.165) is 36.5 Å². The molecule has 0 saturated carbocycles. The van der Waals surface area contributed by atoms with Gasteiger partial charge in [-0.15, -0.1) is 0 Å². The van der Waals surface area contributed by atoms with Crippen LogP contribution in [-0.2, 0) is 9.59 Å². The summed E-state index contributed by atoms with van der Waals surface area (Å²) in [6.45, 7) is 1.24. The summed E-state index contributed by atoms with van der Waals surface area (Å²) < 4.78 is 10.5. The van der Waals surface area contributed by atoms with Gasteiger partial charge in [0.25, 0.3) is 0 Å². The monoisotopic (exact) mass is 466 g/mol. The van der Waals surface area contributed by atoms with Gasteiger partial charge in [-0.3, -0.25) is 9.59 Å². The maximum atomic E-state index is 12.0. The number of nitrogens with one attached hydrogen (secondary N) is 2. The summed E-state index contributed by atoms with van der Waals surface area (Å²) in [6, 6.07) is 5.48. The number of carbonyl (C=O) groups excluding carboxylic acids is 2. The van der Waals surface area contributed by atoms with E-state index >= 15 is 0 Å². The molecule has 1 aliphatic heterocycles. The maximum absolute atomic E-state index is 12.0. The predicted molar refractivity (Wildman–Crippen MR) is 131 cm³/mol. The molecule has 6 nitrogen and oxygen atoms in total. The molecule has 0 radical (unpaired) electrons. The molecule has 172 valence electrons. The Morgan fingerprint density at radius 2 is 1.84 bits per heavy atom. The Hall–Kier alpha value is -1.80. The summed E-state index contributed by atoms with van der Waals surface area (Å²) in [5.74, 6) is 2.54. The third kappa shape index (κ3) is 10.4. The number of benzene rings is 1. The zero-order chi connectivity index (χ0) is 22.3. The highest BCUT2D eigenvalue weighted by Crippen LogP contribution is 2.39. The van der Waals surface area contributed by atoms with Crippen molar-refractivity contribution in [3.8, 4) is 11.5 Å². The molecular weight excluding hydrogens is 432 g/mol. The average Bonchev–Trinajstić information content (AvgIpc) is 3.31. The Labute approximate surface area is 193 Å². The fraction of sp³-hybridized carbons (Fsp3) is 0.565. The normalized spacial score (nSPS) is 15.7. The summed E-state index contributed by atoms with van der Waals surface area (Å²) >= 11 is 0. The lowest BCUT2D eigenvalue weighted by Gasteiger charge is -2.08. The van der Waals surface area contributed by atoms with Gasteiger partial charge in [-0.25, -0.2) is 0 Å². The standard InChI is InChI=1S/C23H34N2O4S2/c1-28-20-11-9-18(17-21(20)29-2)10-12-23(27)25-15-6-5-14-24-22(26)8-4-3-7-19-13-16-30-31-19/h9-12,17,19H,3-8,13-16H2,1-2H3,(H,24,26)(H,25,27)/b12-10+. The third-order valence-electron chi connectivity index (χ3n) is 4.97. The summed E-state index contributed by atoms with van der Waals surface area (Å²) in [5, 5.41) is 6.62. The van der Waals surface area contributed by atoms with E-state index in [1.165, 1.54) is 24.7 Å². The topological polar surface area (TPSA) is 76.7 Å². The van der Waals surface area contributed by atoms with E-state index in [2.05, 4.69) is 10.6 Å². The molecule has 0 bridgehead atoms. The molecule has 1 unspecified atom stereocenters. The molecule has 0 spiro atoms. The van der Waals surface area contributed by atoms with Gasteiger partial charge in [0.2, 0.25) is 11.8 Å². The van der Waals surface area contributed by atoms with Crippen molar-refractivity contribution in [3.63, 3.8) is 0 Å². The van der Waals surface area contributed by atoms with E-state index in [9.17, 15) is 9.59 Å². The van der Waals surface area contributed by atoms with Gasteiger partial charge in [0.15, 0.2) is 11.5 Å². The van der Waals surface area contributed by atoms with Crippen molar-refractivity contribution >= 4 is 39.5 Å². The van der Waals surface area contributed by atoms with Gasteiger partial charge in [-0.1, -0.05) is 34.1 Å². The second-order valence-corrected chi connectivity index (χ2v) is 10.2. The van der Waals surface area contributed by atoms with E-state index < -0.39 is 0 Å². The van der Waals surface area contributed by atoms with Crippen LogP contribution in [0.4, 0.5) is 0 Å². The minimum absolute atomic E-state index is 0.135. The minimum atomic E-state index is -0.141. The summed E-state index contributed by atoms with van der Waals surface area (Å²) in [6.07, 6.45) is 10.2. The molecular formula is C23H34N2O4S2. The first-order valence-corrected chi connectivity index (χ1v) is 13.2. The molecule has 1 saturated heterocycles. The van der Waals surface area contributed by atoms with Crippen molar-refractivity contribution in [2.45, 2.75) is 50.2 Å². The van der Waals surface area contributed by atoms with Crippen molar-refractivity contribution in [1.29, 1.82) is 0 Å². The van der Waals surface area contributed by atoms with Gasteiger partial charge >= 0.3 is 0 Å². The van der Waals surface area contributed by atoms with Gasteiger partial charge in [0.1, 0.15) is 0 Å². The number of rotatable bonds is 14. The lowest BCUT2D eigenvalue weighted by Crippen LogP contribution is -2.26. The van der Waals surface area contributed by atoms with Gasteiger partial charge in [-0.2, -0.15) is 0 Å². The molecule has 1 aromatic carbocycles. The quantitative estimate of drug-likeness (QED) is 0.240. The predicted octanol–water partition coefficient (Wildman–Crippen LogP) is 4.44. The summed E-state index contributed by atoms with van der Waals surface area (Å²) in [5.41, 5.74) is 0.858. The van der Waals surface area contributed by atoms with Crippen LogP contribution in [0.15, 0.2) is 24.3 Å². The van der Waals surface area contributed by atoms with Crippen LogP contribution >= 0.6 is 21.6 Å². The first kappa shape index (κ1) is 25.5. The second-order valence-electron chi connectivity index (χ2n) is 7.37. The van der Waals surface area contributed by atoms with Crippen LogP contribution in [0.2, 0.25) is 0 Å². The summed E-state index contributed by atoms with van der Waals surface area (Å²) in [4.78, 5) is 23.8. The van der Waals surface area contributed by atoms with Crippen LogP contribution in [0, 0.1) is 0 Å². The largest absolute Gasteiger partial charge is 0.493 e. The van der Waals surface area contributed by atoms with E-state index in [1.807, 2.05) is 33.7 Å². The van der Waals surface area contributed by atoms with Crippen molar-refractivity contribution in [2.24, 2.45) is 0 Å². The van der Waals surface area contributed by atoms with Crippen LogP contribution in [0.25, 0.3) is 6.08 Å². The third-order valence-corrected chi connectivity index (χ3v) is 7.97. The number of amides is 2. The molecule has 0 aliphatic carbocycles. The SMILES string of the molecule is COc1ccc(/C=C/C(=O)NCCCCNC(=O)CCCCC2CCSS2)cc1OC. The Bertz CT molecular complexity index is 722. The van der Waals surface area contributed by atoms with Crippen molar-refractivity contribution in [1.82, 2.24) is 10.6 Å². The van der Waals surface area contributed by atoms with Crippen LogP contribution in [0.5, 0.6) is 11.5 Å². The van der Waals surface area contributed by atoms with Crippen molar-refractivity contribution < 1.29 is 19.1 Å². The zero-order valence-electron chi connectivity index (χ0n) is 18.5. The van der Waals surface area contributed by atoms with Gasteiger partial charge in [0, 0.05) is 36.6 Å². The molecule has 1 aliphatic rings. The van der Waals surface area contributed by atoms with Crippen LogP contribution < -0.4 is 20.1 Å². The molecule has 31 heavy (non-hydrogen) atoms. The minimum Gasteiger partial charge on any atom is -0.493 e. The van der Waals surface area contributed by atoms with Gasteiger partial charge < -0.3 is 20.1 Å². The Kier molecular flexibility index (Phi) is 12.4. The first-order chi connectivity index (χ1) is 15.1. The first-order valence-electron chi connectivity index (χ1n) is 10.8. The fourth-order valence-corrected chi connectivity index (χ4v) is 6.21. The lowest BCUT2D eigenvalue weighted by molar-refractivity contribution is -0.121. The summed E-state index contributed by atoms with van der Waals surface area (Å²) in [7, 11) is 7.14. The molecule has 2 amide bonds. The van der Waals surface area contributed by atoms with Crippen molar-refractivity contribution in [3.05, 3.63) is 29.8 Å². The van der Waals surface area contributed by atoms with Crippen molar-refractivity contribution in [2.75, 3.05) is 33.1 Å². The Morgan fingerprint density at radius 3 is 2.55 bits per heavy atom. The molecule has 2 N–H and O–H groups in total. The molecule has 1 fully saturated rings. The number of hydrogen-bond donors (Lipinski definition) is 2. The van der Waals surface area contributed by atoms with Gasteiger partial charge in [0.05, 0.1) is 14.2 Å². The maximum Gasteiger partial charge on any atom is 0.243 e. The second kappa shape index (κ2) is 15.1. The number of hydrogen-bond acceptors (Lipinski definition) is 6.